The third-order valence-electron chi connectivity index (χ3n) is 6.26. The molecular weight excluding hydrogens is 650 g/mol. The third kappa shape index (κ3) is 5.82. The van der Waals surface area contributed by atoms with E-state index in [1.54, 1.807) is 24.3 Å². The van der Waals surface area contributed by atoms with Gasteiger partial charge in [0.1, 0.15) is 29.2 Å². The number of esters is 1. The highest BCUT2D eigenvalue weighted by Gasteiger charge is 2.44. The molecule has 4 aromatic rings. The summed E-state index contributed by atoms with van der Waals surface area (Å²) in [6, 6.07) is 7.84. The topological polar surface area (TPSA) is 169 Å². The van der Waals surface area contributed by atoms with Gasteiger partial charge in [0.15, 0.2) is 9.80 Å². The van der Waals surface area contributed by atoms with Crippen LogP contribution in [0.15, 0.2) is 53.8 Å². The smallest absolute Gasteiger partial charge is 0.419 e. The highest BCUT2D eigenvalue weighted by molar-refractivity contribution is 7.98. The van der Waals surface area contributed by atoms with Crippen molar-refractivity contribution in [2.24, 2.45) is 0 Å². The van der Waals surface area contributed by atoms with Crippen molar-refractivity contribution in [2.75, 3.05) is 5.32 Å². The second-order valence-corrected chi connectivity index (χ2v) is 11.9. The van der Waals surface area contributed by atoms with Gasteiger partial charge >= 0.3 is 24.3 Å². The lowest BCUT2D eigenvalue weighted by Gasteiger charge is -2.17. The lowest BCUT2D eigenvalue weighted by atomic mass is 10.1. The normalized spacial score (nSPS) is 13.5. The average Bonchev–Trinajstić information content (AvgIpc) is 3.38. The molecule has 0 fully saturated rings. The molecule has 0 saturated carbocycles. The zero-order valence-corrected chi connectivity index (χ0v) is 23.8. The summed E-state index contributed by atoms with van der Waals surface area (Å²) < 4.78 is 101. The molecule has 12 nitrogen and oxygen atoms in total. The molecule has 0 radical (unpaired) electrons. The summed E-state index contributed by atoms with van der Waals surface area (Å²) in [5, 5.41) is 13.2. The molecule has 238 valence electrons. The molecule has 3 aromatic heterocycles. The molecule has 5 rings (SSSR count). The van der Waals surface area contributed by atoms with Crippen LogP contribution in [0.25, 0.3) is 33.9 Å². The minimum atomic E-state index is -5.56. The van der Waals surface area contributed by atoms with Crippen LogP contribution >= 0.6 is 0 Å². The molecule has 4 heterocycles. The Hall–Kier alpha value is -5.48. The molecular formula is C27H16F6N6O6S. The molecule has 0 aliphatic carbocycles. The van der Waals surface area contributed by atoms with E-state index in [1.807, 2.05) is 0 Å². The molecule has 19 heteroatoms. The number of carbonyl (C=O) groups excluding carboxylic acids is 2. The number of rotatable bonds is 5. The Kier molecular flexibility index (Phi) is 7.96. The fraction of sp³-hybridized carbons (Fsp3) is 0.148. The van der Waals surface area contributed by atoms with E-state index in [-0.39, 0.29) is 22.1 Å². The molecule has 0 amide bonds. The van der Waals surface area contributed by atoms with E-state index >= 15 is 0 Å². The van der Waals surface area contributed by atoms with Gasteiger partial charge in [-0.05, 0) is 44.2 Å². The largest absolute Gasteiger partial charge is 0.494 e. The van der Waals surface area contributed by atoms with Crippen molar-refractivity contribution in [3.8, 4) is 45.7 Å². The minimum absolute atomic E-state index is 0.209. The van der Waals surface area contributed by atoms with Crippen LogP contribution in [0.5, 0.6) is 5.75 Å². The number of benzene rings is 1. The second kappa shape index (κ2) is 11.5. The van der Waals surface area contributed by atoms with Gasteiger partial charge in [-0.15, -0.1) is 0 Å². The number of aromatic nitrogens is 4. The van der Waals surface area contributed by atoms with Crippen molar-refractivity contribution in [3.05, 3.63) is 54.5 Å². The summed E-state index contributed by atoms with van der Waals surface area (Å²) in [6.45, 7) is 2.17. The summed E-state index contributed by atoms with van der Waals surface area (Å²) in [6.07, 6.45) is -6.71. The maximum Gasteiger partial charge on any atom is 0.494 e. The summed E-state index contributed by atoms with van der Waals surface area (Å²) in [5.74, 6) is -6.65. The fourth-order valence-corrected chi connectivity index (χ4v) is 5.58. The Morgan fingerprint density at radius 3 is 2.37 bits per heavy atom. The Balaban J connectivity index is 1.76. The summed E-state index contributed by atoms with van der Waals surface area (Å²) >= 11 is 0. The Bertz CT molecular complexity index is 2010. The van der Waals surface area contributed by atoms with E-state index in [9.17, 15) is 45.4 Å². The van der Waals surface area contributed by atoms with E-state index in [2.05, 4.69) is 39.2 Å². The van der Waals surface area contributed by atoms with E-state index in [0.29, 0.717) is 28.7 Å². The maximum absolute atomic E-state index is 13.7. The molecule has 1 aromatic carbocycles. The molecule has 0 spiro atoms. The molecule has 0 saturated heterocycles. The first-order valence-corrected chi connectivity index (χ1v) is 14.0. The molecule has 1 unspecified atom stereocenters. The first-order chi connectivity index (χ1) is 21.5. The quantitative estimate of drug-likeness (QED) is 0.0615. The van der Waals surface area contributed by atoms with Crippen molar-refractivity contribution in [2.45, 2.75) is 31.1 Å². The number of carbonyl (C=O) groups is 2. The van der Waals surface area contributed by atoms with Gasteiger partial charge in [-0.25, -0.2) is 23.8 Å². The van der Waals surface area contributed by atoms with Gasteiger partial charge in [0.2, 0.25) is 0 Å². The fourth-order valence-electron chi connectivity index (χ4n) is 4.20. The molecule has 46 heavy (non-hydrogen) atoms. The lowest BCUT2D eigenvalue weighted by molar-refractivity contribution is -0.253. The number of aromatic amines is 1. The number of hydrogen-bond acceptors (Lipinski definition) is 11. The predicted molar refractivity (Wildman–Crippen MR) is 146 cm³/mol. The zero-order chi connectivity index (χ0) is 33.6. The summed E-state index contributed by atoms with van der Waals surface area (Å²) in [5.41, 5.74) is 0.718. The number of halogens is 6. The van der Waals surface area contributed by atoms with Crippen LogP contribution in [-0.2, 0) is 28.6 Å². The van der Waals surface area contributed by atoms with Crippen LogP contribution < -0.4 is 10.1 Å². The number of nitrogens with one attached hydrogen (secondary N) is 2. The van der Waals surface area contributed by atoms with Crippen LogP contribution in [0.3, 0.4) is 0 Å². The average molecular weight is 667 g/mol. The van der Waals surface area contributed by atoms with E-state index in [4.69, 9.17) is 0 Å². The highest BCUT2D eigenvalue weighted by atomic mass is 32.2. The number of nitrogens with zero attached hydrogens (tertiary/aromatic N) is 4. The SMILES string of the molecule is CC(C)=S(=O)(OOC(=O)C(F)(F)F)c1cc(C#N)c(-c2nc3c([nH]2)-c2ccncc2Nc2ncccc2-3)c(OC(=O)C(F)(F)F)c1. The number of fused-ring (bicyclic) bond motifs is 5. The number of hydrogen-bond donors (Lipinski definition) is 2. The van der Waals surface area contributed by atoms with Gasteiger partial charge < -0.3 is 15.0 Å². The van der Waals surface area contributed by atoms with Gasteiger partial charge in [-0.1, -0.05) is 4.33 Å². The number of nitriles is 1. The Labute approximate surface area is 254 Å². The van der Waals surface area contributed by atoms with Gasteiger partial charge in [-0.3, -0.25) is 9.87 Å². The van der Waals surface area contributed by atoms with Crippen molar-refractivity contribution in [1.82, 2.24) is 19.9 Å². The van der Waals surface area contributed by atoms with Gasteiger partial charge in [-0.2, -0.15) is 31.6 Å². The number of ether oxygens (including phenoxy) is 1. The third-order valence-corrected chi connectivity index (χ3v) is 8.45. The standard InChI is InChI=1S/C27H16F6N6O6S/c1-12(2)46(42,45-44-25(41)27(31,32)33)14-8-13(10-34)19(18(9-14)43-24(40)26(28,29)30)23-38-20-15-5-7-35-11-17(15)37-22-16(21(20)39-23)4-3-6-36-22/h3-9,11H,1-2H3,(H,36,37)(H,38,39). The Morgan fingerprint density at radius 1 is 1.00 bits per heavy atom. The Morgan fingerprint density at radius 2 is 1.72 bits per heavy atom. The van der Waals surface area contributed by atoms with Crippen LogP contribution in [-0.4, -0.2) is 53.3 Å². The number of H-pyrrole nitrogens is 1. The van der Waals surface area contributed by atoms with Crippen molar-refractivity contribution >= 4 is 38.1 Å². The molecule has 2 N–H and O–H groups in total. The van der Waals surface area contributed by atoms with Crippen LogP contribution in [0, 0.1) is 11.3 Å². The second-order valence-electron chi connectivity index (χ2n) is 9.45. The highest BCUT2D eigenvalue weighted by Crippen LogP contribution is 2.45. The van der Waals surface area contributed by atoms with Crippen LogP contribution in [0.1, 0.15) is 19.4 Å². The van der Waals surface area contributed by atoms with E-state index < -0.39 is 55.9 Å². The van der Waals surface area contributed by atoms with Crippen LogP contribution in [0.4, 0.5) is 37.8 Å². The first kappa shape index (κ1) is 31.9. The molecule has 1 aliphatic rings. The number of imidazole rings is 1. The first-order valence-electron chi connectivity index (χ1n) is 12.5. The molecule has 0 bridgehead atoms. The van der Waals surface area contributed by atoms with Crippen molar-refractivity contribution in [3.63, 3.8) is 0 Å². The monoisotopic (exact) mass is 666 g/mol. The van der Waals surface area contributed by atoms with Gasteiger partial charge in [0.05, 0.1) is 33.6 Å². The van der Waals surface area contributed by atoms with E-state index in [1.165, 1.54) is 18.6 Å². The molecule has 1 atom stereocenters. The number of pyridine rings is 2. The minimum Gasteiger partial charge on any atom is -0.419 e. The van der Waals surface area contributed by atoms with Crippen molar-refractivity contribution < 1.29 is 54.1 Å². The van der Waals surface area contributed by atoms with Crippen molar-refractivity contribution in [1.29, 1.82) is 5.26 Å². The van der Waals surface area contributed by atoms with Crippen LogP contribution in [0.2, 0.25) is 0 Å². The number of anilines is 2. The predicted octanol–water partition coefficient (Wildman–Crippen LogP) is 5.40. The maximum atomic E-state index is 13.7. The van der Waals surface area contributed by atoms with E-state index in [0.717, 1.165) is 19.9 Å². The molecule has 1 aliphatic heterocycles. The van der Waals surface area contributed by atoms with Gasteiger partial charge in [0, 0.05) is 28.4 Å². The lowest BCUT2D eigenvalue weighted by Crippen LogP contribution is -2.29. The van der Waals surface area contributed by atoms with Gasteiger partial charge in [0.25, 0.3) is 0 Å². The summed E-state index contributed by atoms with van der Waals surface area (Å²) in [4.78, 5) is 41.7. The summed E-state index contributed by atoms with van der Waals surface area (Å²) in [7, 11) is -4.46. The zero-order valence-electron chi connectivity index (χ0n) is 23.0. The number of alkyl halides is 6.